The largest absolute Gasteiger partial charge is 0.497 e. The average molecular weight is 496 g/mol. The molecule has 8 nitrogen and oxygen atoms in total. The molecule has 1 saturated heterocycles. The third kappa shape index (κ3) is 6.77. The number of nitrogens with one attached hydrogen (secondary N) is 2. The van der Waals surface area contributed by atoms with Crippen molar-refractivity contribution in [1.29, 1.82) is 0 Å². The summed E-state index contributed by atoms with van der Waals surface area (Å²) in [5.41, 5.74) is 1.02. The van der Waals surface area contributed by atoms with E-state index in [-0.39, 0.29) is 35.6 Å². The zero-order valence-corrected chi connectivity index (χ0v) is 21.7. The quantitative estimate of drug-likeness (QED) is 0.555. The monoisotopic (exact) mass is 495 g/mol. The van der Waals surface area contributed by atoms with Crippen LogP contribution < -0.4 is 20.1 Å². The summed E-state index contributed by atoms with van der Waals surface area (Å²) in [7, 11) is 3.14. The molecule has 0 aromatic heterocycles. The highest BCUT2D eigenvalue weighted by atomic mass is 16.5. The van der Waals surface area contributed by atoms with E-state index < -0.39 is 6.04 Å². The van der Waals surface area contributed by atoms with E-state index in [0.717, 1.165) is 0 Å². The lowest BCUT2D eigenvalue weighted by Gasteiger charge is -2.36. The number of benzene rings is 2. The van der Waals surface area contributed by atoms with Gasteiger partial charge in [0.2, 0.25) is 5.91 Å². The van der Waals surface area contributed by atoms with Gasteiger partial charge in [-0.05, 0) is 74.1 Å². The van der Waals surface area contributed by atoms with E-state index in [1.165, 1.54) is 0 Å². The number of hydrogen-bond acceptors (Lipinski definition) is 5. The first-order chi connectivity index (χ1) is 17.2. The van der Waals surface area contributed by atoms with Gasteiger partial charge in [-0.1, -0.05) is 19.9 Å². The molecule has 194 valence electrons. The smallest absolute Gasteiger partial charge is 0.253 e. The molecule has 0 unspecified atom stereocenters. The Hall–Kier alpha value is -3.55. The van der Waals surface area contributed by atoms with Gasteiger partial charge < -0.3 is 25.0 Å². The first-order valence-electron chi connectivity index (χ1n) is 12.4. The van der Waals surface area contributed by atoms with Gasteiger partial charge in [0.05, 0.1) is 14.2 Å². The predicted molar refractivity (Wildman–Crippen MR) is 138 cm³/mol. The van der Waals surface area contributed by atoms with Crippen molar-refractivity contribution >= 4 is 17.7 Å². The van der Waals surface area contributed by atoms with Crippen molar-refractivity contribution in [3.63, 3.8) is 0 Å². The van der Waals surface area contributed by atoms with Crippen LogP contribution in [0.1, 0.15) is 54.3 Å². The summed E-state index contributed by atoms with van der Waals surface area (Å²) < 4.78 is 10.4. The summed E-state index contributed by atoms with van der Waals surface area (Å²) in [4.78, 5) is 41.1. The molecule has 3 rings (SSSR count). The molecule has 1 fully saturated rings. The Morgan fingerprint density at radius 2 is 1.50 bits per heavy atom. The molecule has 2 atom stereocenters. The fraction of sp³-hybridized carbons (Fsp3) is 0.464. The van der Waals surface area contributed by atoms with Crippen LogP contribution in [0.15, 0.2) is 48.5 Å². The molecule has 0 radical (unpaired) electrons. The van der Waals surface area contributed by atoms with Gasteiger partial charge in [-0.25, -0.2) is 0 Å². The summed E-state index contributed by atoms with van der Waals surface area (Å²) in [6.45, 7) is 7.04. The molecule has 0 saturated carbocycles. The number of piperidine rings is 1. The van der Waals surface area contributed by atoms with Crippen LogP contribution >= 0.6 is 0 Å². The van der Waals surface area contributed by atoms with E-state index in [1.807, 2.05) is 20.8 Å². The molecule has 1 aliphatic rings. The Morgan fingerprint density at radius 1 is 0.861 bits per heavy atom. The van der Waals surface area contributed by atoms with Crippen molar-refractivity contribution in [1.82, 2.24) is 15.5 Å². The predicted octanol–water partition coefficient (Wildman–Crippen LogP) is 3.52. The van der Waals surface area contributed by atoms with Gasteiger partial charge in [0.1, 0.15) is 17.5 Å². The van der Waals surface area contributed by atoms with Gasteiger partial charge in [0, 0.05) is 30.3 Å². The third-order valence-corrected chi connectivity index (χ3v) is 6.91. The summed E-state index contributed by atoms with van der Waals surface area (Å²) in [5.74, 6) is 0.868. The van der Waals surface area contributed by atoms with Crippen LogP contribution in [-0.2, 0) is 4.79 Å². The number of amides is 3. The zero-order chi connectivity index (χ0) is 26.2. The fourth-order valence-corrected chi connectivity index (χ4v) is 4.22. The molecule has 8 heteroatoms. The van der Waals surface area contributed by atoms with Crippen LogP contribution in [0.2, 0.25) is 0 Å². The lowest BCUT2D eigenvalue weighted by molar-refractivity contribution is -0.125. The second kappa shape index (κ2) is 12.4. The van der Waals surface area contributed by atoms with E-state index >= 15 is 0 Å². The second-order valence-electron chi connectivity index (χ2n) is 9.58. The molecule has 2 aromatic rings. The Labute approximate surface area is 213 Å². The molecule has 3 amide bonds. The number of carbonyl (C=O) groups is 3. The minimum absolute atomic E-state index is 0.0346. The first-order valence-corrected chi connectivity index (χ1v) is 12.4. The van der Waals surface area contributed by atoms with Crippen molar-refractivity contribution in [3.05, 3.63) is 59.7 Å². The van der Waals surface area contributed by atoms with Gasteiger partial charge >= 0.3 is 0 Å². The molecular weight excluding hydrogens is 458 g/mol. The number of hydrogen-bond donors (Lipinski definition) is 2. The van der Waals surface area contributed by atoms with Crippen molar-refractivity contribution in [2.75, 3.05) is 27.3 Å². The number of rotatable bonds is 9. The summed E-state index contributed by atoms with van der Waals surface area (Å²) in [6, 6.07) is 13.1. The maximum absolute atomic E-state index is 13.3. The maximum atomic E-state index is 13.3. The van der Waals surface area contributed by atoms with Crippen molar-refractivity contribution in [2.45, 2.75) is 45.7 Å². The van der Waals surface area contributed by atoms with Gasteiger partial charge in [0.15, 0.2) is 0 Å². The minimum atomic E-state index is -0.699. The van der Waals surface area contributed by atoms with E-state index in [2.05, 4.69) is 10.6 Å². The van der Waals surface area contributed by atoms with Crippen LogP contribution in [0.3, 0.4) is 0 Å². The molecule has 0 bridgehead atoms. The van der Waals surface area contributed by atoms with E-state index in [9.17, 15) is 14.4 Å². The topological polar surface area (TPSA) is 97.0 Å². The first kappa shape index (κ1) is 27.0. The van der Waals surface area contributed by atoms with Crippen molar-refractivity contribution in [3.8, 4) is 11.5 Å². The molecule has 36 heavy (non-hydrogen) atoms. The van der Waals surface area contributed by atoms with Crippen LogP contribution in [0, 0.1) is 11.8 Å². The molecular formula is C28H37N3O5. The molecule has 2 aromatic carbocycles. The van der Waals surface area contributed by atoms with Crippen LogP contribution in [-0.4, -0.2) is 62.0 Å². The molecule has 0 aliphatic carbocycles. The zero-order valence-electron chi connectivity index (χ0n) is 21.7. The minimum Gasteiger partial charge on any atom is -0.497 e. The summed E-state index contributed by atoms with van der Waals surface area (Å²) in [6.07, 6.45) is 1.21. The number of likely N-dealkylation sites (tertiary alicyclic amines) is 1. The van der Waals surface area contributed by atoms with E-state index in [4.69, 9.17) is 9.47 Å². The standard InChI is InChI=1S/C28H37N3O5/c1-18(2)19(3)29-27(33)25(30-26(32)21-9-11-23(35-4)12-10-21)20-13-15-31(16-14-20)28(34)22-7-6-8-24(17-22)36-5/h6-12,17-20,25H,13-16H2,1-5H3,(H,29,33)(H,30,32)/t19-,25+/m0/s1. The van der Waals surface area contributed by atoms with E-state index in [0.29, 0.717) is 48.6 Å². The molecule has 1 aliphatic heterocycles. The van der Waals surface area contributed by atoms with Gasteiger partial charge in [-0.15, -0.1) is 0 Å². The highest BCUT2D eigenvalue weighted by molar-refractivity contribution is 5.98. The highest BCUT2D eigenvalue weighted by Crippen LogP contribution is 2.24. The molecule has 2 N–H and O–H groups in total. The normalized spacial score (nSPS) is 15.7. The fourth-order valence-electron chi connectivity index (χ4n) is 4.22. The molecule has 1 heterocycles. The number of nitrogens with zero attached hydrogens (tertiary/aromatic N) is 1. The van der Waals surface area contributed by atoms with Gasteiger partial charge in [0.25, 0.3) is 11.8 Å². The lowest BCUT2D eigenvalue weighted by Crippen LogP contribution is -2.55. The second-order valence-corrected chi connectivity index (χ2v) is 9.58. The summed E-state index contributed by atoms with van der Waals surface area (Å²) in [5, 5.41) is 6.02. The summed E-state index contributed by atoms with van der Waals surface area (Å²) >= 11 is 0. The Morgan fingerprint density at radius 3 is 2.08 bits per heavy atom. The third-order valence-electron chi connectivity index (χ3n) is 6.91. The van der Waals surface area contributed by atoms with E-state index in [1.54, 1.807) is 67.7 Å². The van der Waals surface area contributed by atoms with Crippen molar-refractivity contribution < 1.29 is 23.9 Å². The lowest BCUT2D eigenvalue weighted by atomic mass is 9.87. The Balaban J connectivity index is 1.71. The maximum Gasteiger partial charge on any atom is 0.253 e. The van der Waals surface area contributed by atoms with Gasteiger partial charge in [-0.3, -0.25) is 14.4 Å². The molecule has 0 spiro atoms. The van der Waals surface area contributed by atoms with Crippen LogP contribution in [0.25, 0.3) is 0 Å². The van der Waals surface area contributed by atoms with Crippen molar-refractivity contribution in [2.24, 2.45) is 11.8 Å². The van der Waals surface area contributed by atoms with Crippen LogP contribution in [0.5, 0.6) is 11.5 Å². The number of carbonyl (C=O) groups excluding carboxylic acids is 3. The Bertz CT molecular complexity index is 1050. The van der Waals surface area contributed by atoms with Crippen LogP contribution in [0.4, 0.5) is 0 Å². The average Bonchev–Trinajstić information content (AvgIpc) is 2.91. The number of ether oxygens (including phenoxy) is 2. The SMILES string of the molecule is COc1ccc(C(=O)N[C@@H](C(=O)N[C@@H](C)C(C)C)C2CCN(C(=O)c3cccc(OC)c3)CC2)cc1. The number of methoxy groups -OCH3 is 2. The van der Waals surface area contributed by atoms with Gasteiger partial charge in [-0.2, -0.15) is 0 Å². The Kier molecular flexibility index (Phi) is 9.33. The highest BCUT2D eigenvalue weighted by Gasteiger charge is 2.35.